The van der Waals surface area contributed by atoms with E-state index in [1.54, 1.807) is 20.2 Å². The molecule has 0 amide bonds. The number of ether oxygens (including phenoxy) is 2. The lowest BCUT2D eigenvalue weighted by Gasteiger charge is -2.23. The molecule has 27 heavy (non-hydrogen) atoms. The van der Waals surface area contributed by atoms with Crippen LogP contribution in [0.3, 0.4) is 0 Å². The minimum absolute atomic E-state index is 0.351. The van der Waals surface area contributed by atoms with Crippen molar-refractivity contribution in [2.45, 2.75) is 26.0 Å². The molecule has 0 radical (unpaired) electrons. The van der Waals surface area contributed by atoms with Gasteiger partial charge in [0.1, 0.15) is 12.2 Å². The number of aliphatic hydroxyl groups is 1. The zero-order valence-electron chi connectivity index (χ0n) is 16.1. The molecule has 3 N–H and O–H groups in total. The van der Waals surface area contributed by atoms with Crippen molar-refractivity contribution in [3.8, 4) is 5.88 Å². The summed E-state index contributed by atoms with van der Waals surface area (Å²) in [5.74, 6) is 1.18. The second-order valence-corrected chi connectivity index (χ2v) is 7.06. The van der Waals surface area contributed by atoms with Crippen LogP contribution in [-0.4, -0.2) is 49.5 Å². The molecule has 0 aliphatic rings. The molecular formula is C19H28N4O3S. The zero-order valence-corrected chi connectivity index (χ0v) is 16.9. The smallest absolute Gasteiger partial charge is 0.218 e. The van der Waals surface area contributed by atoms with Gasteiger partial charge < -0.3 is 25.2 Å². The molecule has 0 aromatic carbocycles. The van der Waals surface area contributed by atoms with E-state index in [0.717, 1.165) is 17.0 Å². The molecule has 0 aliphatic carbocycles. The summed E-state index contributed by atoms with van der Waals surface area (Å²) in [5, 5.41) is 19.0. The maximum atomic E-state index is 10.7. The largest absolute Gasteiger partial charge is 0.475 e. The first-order valence-electron chi connectivity index (χ1n) is 8.91. The summed E-state index contributed by atoms with van der Waals surface area (Å²) in [7, 11) is 1.63. The van der Waals surface area contributed by atoms with E-state index in [9.17, 15) is 5.11 Å². The number of nitrogens with zero attached hydrogens (tertiary/aromatic N) is 2. The van der Waals surface area contributed by atoms with Gasteiger partial charge >= 0.3 is 0 Å². The van der Waals surface area contributed by atoms with Crippen LogP contribution in [0, 0.1) is 0 Å². The fraction of sp³-hybridized carbons (Fsp3) is 0.474. The van der Waals surface area contributed by atoms with Gasteiger partial charge in [-0.1, -0.05) is 12.1 Å². The highest BCUT2D eigenvalue weighted by Gasteiger charge is 2.24. The van der Waals surface area contributed by atoms with Gasteiger partial charge in [-0.3, -0.25) is 0 Å². The van der Waals surface area contributed by atoms with Crippen LogP contribution in [0.15, 0.2) is 40.8 Å². The van der Waals surface area contributed by atoms with E-state index in [1.807, 2.05) is 36.6 Å². The average molecular weight is 393 g/mol. The number of methoxy groups -OCH3 is 1. The Kier molecular flexibility index (Phi) is 8.50. The Bertz CT molecular complexity index is 705. The van der Waals surface area contributed by atoms with Crippen molar-refractivity contribution in [3.05, 3.63) is 46.3 Å². The highest BCUT2D eigenvalue weighted by Crippen LogP contribution is 2.24. The fourth-order valence-electron chi connectivity index (χ4n) is 2.33. The zero-order chi connectivity index (χ0) is 19.5. The van der Waals surface area contributed by atoms with Gasteiger partial charge in [0.15, 0.2) is 5.96 Å². The van der Waals surface area contributed by atoms with Crippen LogP contribution >= 0.6 is 11.3 Å². The van der Waals surface area contributed by atoms with E-state index in [1.165, 1.54) is 11.3 Å². The van der Waals surface area contributed by atoms with E-state index in [0.29, 0.717) is 38.1 Å². The maximum Gasteiger partial charge on any atom is 0.218 e. The number of rotatable bonds is 10. The van der Waals surface area contributed by atoms with Crippen LogP contribution in [0.25, 0.3) is 0 Å². The molecule has 1 atom stereocenters. The first-order chi connectivity index (χ1) is 13.1. The molecule has 148 valence electrons. The number of hydrogen-bond acceptors (Lipinski definition) is 6. The van der Waals surface area contributed by atoms with Crippen molar-refractivity contribution >= 4 is 17.3 Å². The fourth-order valence-corrected chi connectivity index (χ4v) is 3.12. The minimum Gasteiger partial charge on any atom is -0.475 e. The predicted octanol–water partition coefficient (Wildman–Crippen LogP) is 2.13. The van der Waals surface area contributed by atoms with E-state index in [-0.39, 0.29) is 0 Å². The first kappa shape index (κ1) is 21.1. The molecule has 0 spiro atoms. The number of thiophene rings is 1. The van der Waals surface area contributed by atoms with E-state index < -0.39 is 5.60 Å². The minimum atomic E-state index is -0.965. The molecule has 0 saturated carbocycles. The third kappa shape index (κ3) is 6.82. The number of nitrogens with one attached hydrogen (secondary N) is 2. The molecular weight excluding hydrogens is 364 g/mol. The standard InChI is InChI=1S/C19H28N4O3S/c1-4-20-18(23-14-19(2,24)16-8-6-12-27-16)22-13-15-7-5-9-21-17(15)26-11-10-25-3/h5-9,12,24H,4,10-11,13-14H2,1-3H3,(H2,20,22,23). The van der Waals surface area contributed by atoms with Gasteiger partial charge in [-0.25, -0.2) is 9.98 Å². The average Bonchev–Trinajstić information content (AvgIpc) is 3.21. The molecule has 1 unspecified atom stereocenters. The van der Waals surface area contributed by atoms with Crippen molar-refractivity contribution in [1.29, 1.82) is 0 Å². The van der Waals surface area contributed by atoms with Crippen LogP contribution in [0.5, 0.6) is 5.88 Å². The monoisotopic (exact) mass is 392 g/mol. The number of aliphatic imine (C=N–C) groups is 1. The number of pyridine rings is 1. The lowest BCUT2D eigenvalue weighted by molar-refractivity contribution is 0.0655. The summed E-state index contributed by atoms with van der Waals surface area (Å²) in [4.78, 5) is 9.77. The highest BCUT2D eigenvalue weighted by molar-refractivity contribution is 7.10. The third-order valence-electron chi connectivity index (χ3n) is 3.78. The summed E-state index contributed by atoms with van der Waals surface area (Å²) in [6.07, 6.45) is 1.69. The SMILES string of the molecule is CCNC(=NCc1cccnc1OCCOC)NCC(C)(O)c1cccs1. The van der Waals surface area contributed by atoms with Crippen molar-refractivity contribution in [3.63, 3.8) is 0 Å². The second kappa shape index (κ2) is 10.9. The third-order valence-corrected chi connectivity index (χ3v) is 4.90. The van der Waals surface area contributed by atoms with Crippen LogP contribution in [0.4, 0.5) is 0 Å². The highest BCUT2D eigenvalue weighted by atomic mass is 32.1. The first-order valence-corrected chi connectivity index (χ1v) is 9.79. The molecule has 0 bridgehead atoms. The Morgan fingerprint density at radius 3 is 2.85 bits per heavy atom. The van der Waals surface area contributed by atoms with E-state index >= 15 is 0 Å². The van der Waals surface area contributed by atoms with Crippen molar-refractivity contribution in [2.24, 2.45) is 4.99 Å². The van der Waals surface area contributed by atoms with E-state index in [2.05, 4.69) is 20.6 Å². The molecule has 2 heterocycles. The van der Waals surface area contributed by atoms with Gasteiger partial charge in [0.25, 0.3) is 0 Å². The summed E-state index contributed by atoms with van der Waals surface area (Å²) in [6, 6.07) is 7.65. The topological polar surface area (TPSA) is 88.0 Å². The maximum absolute atomic E-state index is 10.7. The van der Waals surface area contributed by atoms with Gasteiger partial charge in [-0.05, 0) is 31.4 Å². The Morgan fingerprint density at radius 1 is 1.30 bits per heavy atom. The van der Waals surface area contributed by atoms with Crippen LogP contribution in [0.2, 0.25) is 0 Å². The second-order valence-electron chi connectivity index (χ2n) is 6.11. The summed E-state index contributed by atoms with van der Waals surface area (Å²) in [5.41, 5.74) is -0.0802. The van der Waals surface area contributed by atoms with Gasteiger partial charge in [-0.15, -0.1) is 11.3 Å². The van der Waals surface area contributed by atoms with Crippen LogP contribution in [0.1, 0.15) is 24.3 Å². The molecule has 2 aromatic heterocycles. The summed E-state index contributed by atoms with van der Waals surface area (Å²) in [6.45, 7) is 6.21. The molecule has 2 aromatic rings. The normalized spacial score (nSPS) is 13.9. The summed E-state index contributed by atoms with van der Waals surface area (Å²) < 4.78 is 10.7. The van der Waals surface area contributed by atoms with Crippen LogP contribution < -0.4 is 15.4 Å². The van der Waals surface area contributed by atoms with Crippen molar-refractivity contribution in [1.82, 2.24) is 15.6 Å². The van der Waals surface area contributed by atoms with Crippen LogP contribution in [-0.2, 0) is 16.9 Å². The van der Waals surface area contributed by atoms with Crippen molar-refractivity contribution < 1.29 is 14.6 Å². The number of hydrogen-bond donors (Lipinski definition) is 3. The lowest BCUT2D eigenvalue weighted by Crippen LogP contribution is -2.44. The van der Waals surface area contributed by atoms with Gasteiger partial charge in [0, 0.05) is 30.3 Å². The molecule has 0 aliphatic heterocycles. The Hall–Kier alpha value is -2.16. The lowest BCUT2D eigenvalue weighted by atomic mass is 10.1. The molecule has 2 rings (SSSR count). The molecule has 0 saturated heterocycles. The molecule has 7 nitrogen and oxygen atoms in total. The van der Waals surface area contributed by atoms with Gasteiger partial charge in [0.2, 0.25) is 5.88 Å². The molecule has 0 fully saturated rings. The quantitative estimate of drug-likeness (QED) is 0.326. The Labute approximate surface area is 164 Å². The summed E-state index contributed by atoms with van der Waals surface area (Å²) >= 11 is 1.53. The Morgan fingerprint density at radius 2 is 2.15 bits per heavy atom. The van der Waals surface area contributed by atoms with Gasteiger partial charge in [0.05, 0.1) is 19.7 Å². The number of guanidine groups is 1. The number of aromatic nitrogens is 1. The van der Waals surface area contributed by atoms with Crippen molar-refractivity contribution in [2.75, 3.05) is 33.4 Å². The Balaban J connectivity index is 2.01. The molecule has 8 heteroatoms. The van der Waals surface area contributed by atoms with Gasteiger partial charge in [-0.2, -0.15) is 0 Å². The predicted molar refractivity (Wildman–Crippen MR) is 108 cm³/mol. The van der Waals surface area contributed by atoms with E-state index in [4.69, 9.17) is 9.47 Å².